The van der Waals surface area contributed by atoms with Crippen molar-refractivity contribution in [3.05, 3.63) is 82.9 Å². The topological polar surface area (TPSA) is 64.1 Å². The smallest absolute Gasteiger partial charge is 0.435 e. The van der Waals surface area contributed by atoms with Crippen LogP contribution in [0, 0.1) is 0 Å². The molecule has 2 aromatic carbocycles. The molecule has 1 aromatic heterocycles. The molecule has 0 aliphatic heterocycles. The van der Waals surface area contributed by atoms with E-state index in [9.17, 15) is 18.0 Å². The minimum atomic E-state index is -4.79. The Bertz CT molecular complexity index is 996. The highest BCUT2D eigenvalue weighted by molar-refractivity contribution is 6.32. The molecule has 0 atom stereocenters. The summed E-state index contributed by atoms with van der Waals surface area (Å²) in [4.78, 5) is 19.0. The average molecular weight is 408 g/mol. The Hall–Kier alpha value is -3.13. The standard InChI is InChI=1S/C19H13ClF3N3O2/c20-13-6-2-4-8-15(13)28-14-7-3-1-5-12(14)11-26-18(27)16-17(19(21,22)23)25-10-9-24-16/h1-10H,11H2,(H,26,27). The molecule has 0 aliphatic rings. The number of carbonyl (C=O) groups is 1. The lowest BCUT2D eigenvalue weighted by atomic mass is 10.2. The molecular formula is C19H13ClF3N3O2. The van der Waals surface area contributed by atoms with Gasteiger partial charge < -0.3 is 10.1 Å². The van der Waals surface area contributed by atoms with Gasteiger partial charge >= 0.3 is 6.18 Å². The number of amides is 1. The fourth-order valence-electron chi connectivity index (χ4n) is 2.37. The summed E-state index contributed by atoms with van der Waals surface area (Å²) in [6.07, 6.45) is -2.88. The first kappa shape index (κ1) is 19.6. The molecule has 1 heterocycles. The first-order valence-electron chi connectivity index (χ1n) is 8.03. The highest BCUT2D eigenvalue weighted by Crippen LogP contribution is 2.31. The van der Waals surface area contributed by atoms with Crippen LogP contribution in [0.2, 0.25) is 5.02 Å². The normalized spacial score (nSPS) is 11.1. The number of rotatable bonds is 5. The van der Waals surface area contributed by atoms with Gasteiger partial charge in [-0.15, -0.1) is 0 Å². The zero-order valence-corrected chi connectivity index (χ0v) is 15.0. The predicted octanol–water partition coefficient (Wildman–Crippen LogP) is 4.87. The van der Waals surface area contributed by atoms with E-state index in [2.05, 4.69) is 15.3 Å². The summed E-state index contributed by atoms with van der Waals surface area (Å²) >= 11 is 6.08. The van der Waals surface area contributed by atoms with Crippen molar-refractivity contribution in [2.45, 2.75) is 12.7 Å². The van der Waals surface area contributed by atoms with Crippen molar-refractivity contribution in [3.8, 4) is 11.5 Å². The molecule has 1 amide bonds. The Morgan fingerprint density at radius 3 is 2.36 bits per heavy atom. The lowest BCUT2D eigenvalue weighted by molar-refractivity contribution is -0.141. The molecule has 0 radical (unpaired) electrons. The molecule has 9 heteroatoms. The fourth-order valence-corrected chi connectivity index (χ4v) is 2.54. The number of hydrogen-bond acceptors (Lipinski definition) is 4. The Morgan fingerprint density at radius 1 is 1.00 bits per heavy atom. The second kappa shape index (κ2) is 8.26. The SMILES string of the molecule is O=C(NCc1ccccc1Oc1ccccc1Cl)c1nccnc1C(F)(F)F. The third-order valence-electron chi connectivity index (χ3n) is 3.65. The Morgan fingerprint density at radius 2 is 1.64 bits per heavy atom. The van der Waals surface area contributed by atoms with E-state index < -0.39 is 23.5 Å². The number of nitrogens with one attached hydrogen (secondary N) is 1. The zero-order valence-electron chi connectivity index (χ0n) is 14.2. The van der Waals surface area contributed by atoms with Crippen molar-refractivity contribution in [2.75, 3.05) is 0 Å². The minimum Gasteiger partial charge on any atom is -0.455 e. The van der Waals surface area contributed by atoms with Crippen LogP contribution in [0.1, 0.15) is 21.7 Å². The van der Waals surface area contributed by atoms with E-state index in [4.69, 9.17) is 16.3 Å². The predicted molar refractivity (Wildman–Crippen MR) is 96.2 cm³/mol. The van der Waals surface area contributed by atoms with Crippen molar-refractivity contribution in [2.24, 2.45) is 0 Å². The third-order valence-corrected chi connectivity index (χ3v) is 3.96. The molecule has 0 saturated carbocycles. The van der Waals surface area contributed by atoms with E-state index in [1.165, 1.54) is 0 Å². The van der Waals surface area contributed by atoms with Crippen molar-refractivity contribution in [1.82, 2.24) is 15.3 Å². The Balaban J connectivity index is 1.78. The summed E-state index contributed by atoms with van der Waals surface area (Å²) < 4.78 is 44.8. The second-order valence-corrected chi connectivity index (χ2v) is 5.98. The van der Waals surface area contributed by atoms with E-state index in [1.807, 2.05) is 0 Å². The highest BCUT2D eigenvalue weighted by Gasteiger charge is 2.38. The monoisotopic (exact) mass is 407 g/mol. The Kier molecular flexibility index (Phi) is 5.79. The van der Waals surface area contributed by atoms with Gasteiger partial charge in [0.2, 0.25) is 0 Å². The minimum absolute atomic E-state index is 0.0761. The fraction of sp³-hybridized carbons (Fsp3) is 0.105. The number of hydrogen-bond donors (Lipinski definition) is 1. The van der Waals surface area contributed by atoms with Crippen LogP contribution in [-0.4, -0.2) is 15.9 Å². The molecule has 1 N–H and O–H groups in total. The van der Waals surface area contributed by atoms with Gasteiger partial charge in [0.05, 0.1) is 5.02 Å². The third kappa shape index (κ3) is 4.58. The quantitative estimate of drug-likeness (QED) is 0.655. The molecule has 28 heavy (non-hydrogen) atoms. The van der Waals surface area contributed by atoms with Crippen molar-refractivity contribution >= 4 is 17.5 Å². The zero-order chi connectivity index (χ0) is 20.1. The largest absolute Gasteiger partial charge is 0.455 e. The van der Waals surface area contributed by atoms with E-state index in [0.29, 0.717) is 22.1 Å². The van der Waals surface area contributed by atoms with Crippen LogP contribution < -0.4 is 10.1 Å². The van der Waals surface area contributed by atoms with Gasteiger partial charge in [-0.3, -0.25) is 4.79 Å². The maximum atomic E-state index is 13.0. The Labute approximate surface area is 163 Å². The number of benzene rings is 2. The van der Waals surface area contributed by atoms with Gasteiger partial charge in [0.1, 0.15) is 11.5 Å². The van der Waals surface area contributed by atoms with Crippen LogP contribution in [-0.2, 0) is 12.7 Å². The van der Waals surface area contributed by atoms with E-state index in [-0.39, 0.29) is 6.54 Å². The average Bonchev–Trinajstić information content (AvgIpc) is 2.68. The number of para-hydroxylation sites is 2. The van der Waals surface area contributed by atoms with Crippen molar-refractivity contribution in [1.29, 1.82) is 0 Å². The summed E-state index contributed by atoms with van der Waals surface area (Å²) in [6, 6.07) is 13.6. The molecule has 3 aromatic rings. The number of halogens is 4. The van der Waals surface area contributed by atoms with Crippen LogP contribution in [0.25, 0.3) is 0 Å². The first-order chi connectivity index (χ1) is 13.4. The summed E-state index contributed by atoms with van der Waals surface area (Å²) in [7, 11) is 0. The number of alkyl halides is 3. The summed E-state index contributed by atoms with van der Waals surface area (Å²) in [5, 5.41) is 2.81. The summed E-state index contributed by atoms with van der Waals surface area (Å²) in [5.74, 6) is -0.171. The van der Waals surface area contributed by atoms with Crippen LogP contribution in [0.3, 0.4) is 0 Å². The van der Waals surface area contributed by atoms with Gasteiger partial charge in [0.25, 0.3) is 5.91 Å². The van der Waals surface area contributed by atoms with Crippen LogP contribution in [0.4, 0.5) is 13.2 Å². The molecule has 0 fully saturated rings. The molecule has 144 valence electrons. The molecule has 5 nitrogen and oxygen atoms in total. The van der Waals surface area contributed by atoms with Crippen LogP contribution >= 0.6 is 11.6 Å². The lowest BCUT2D eigenvalue weighted by Gasteiger charge is -2.14. The van der Waals surface area contributed by atoms with Gasteiger partial charge in [-0.25, -0.2) is 9.97 Å². The molecular weight excluding hydrogens is 395 g/mol. The summed E-state index contributed by atoms with van der Waals surface area (Å²) in [6.45, 7) is -0.0761. The first-order valence-corrected chi connectivity index (χ1v) is 8.41. The maximum absolute atomic E-state index is 13.0. The number of carbonyl (C=O) groups excluding carboxylic acids is 1. The van der Waals surface area contributed by atoms with Gasteiger partial charge in [-0.1, -0.05) is 41.9 Å². The molecule has 0 saturated heterocycles. The van der Waals surface area contributed by atoms with E-state index in [0.717, 1.165) is 12.4 Å². The van der Waals surface area contributed by atoms with Crippen LogP contribution in [0.15, 0.2) is 60.9 Å². The molecule has 0 aliphatic carbocycles. The second-order valence-electron chi connectivity index (χ2n) is 5.57. The van der Waals surface area contributed by atoms with Crippen molar-refractivity contribution < 1.29 is 22.7 Å². The van der Waals surface area contributed by atoms with Gasteiger partial charge in [-0.05, 0) is 18.2 Å². The maximum Gasteiger partial charge on any atom is 0.435 e. The van der Waals surface area contributed by atoms with Gasteiger partial charge in [-0.2, -0.15) is 13.2 Å². The molecule has 0 spiro atoms. The molecule has 0 bridgehead atoms. The highest BCUT2D eigenvalue weighted by atomic mass is 35.5. The van der Waals surface area contributed by atoms with E-state index >= 15 is 0 Å². The number of nitrogens with zero attached hydrogens (tertiary/aromatic N) is 2. The number of ether oxygens (including phenoxy) is 1. The van der Waals surface area contributed by atoms with Gasteiger partial charge in [0.15, 0.2) is 11.4 Å². The molecule has 3 rings (SSSR count). The molecule has 0 unspecified atom stereocenters. The summed E-state index contributed by atoms with van der Waals surface area (Å²) in [5.41, 5.74) is -1.58. The van der Waals surface area contributed by atoms with Crippen molar-refractivity contribution in [3.63, 3.8) is 0 Å². The van der Waals surface area contributed by atoms with E-state index in [1.54, 1.807) is 48.5 Å². The van der Waals surface area contributed by atoms with Gasteiger partial charge in [0, 0.05) is 24.5 Å². The van der Waals surface area contributed by atoms with Crippen LogP contribution in [0.5, 0.6) is 11.5 Å². The lowest BCUT2D eigenvalue weighted by Crippen LogP contribution is -2.28. The number of aromatic nitrogens is 2.